The number of alkyl halides is 3. The Morgan fingerprint density at radius 2 is 2.00 bits per heavy atom. The maximum Gasteiger partial charge on any atom is 0.406 e. The number of para-hydroxylation sites is 1. The first-order chi connectivity index (χ1) is 13.3. The van der Waals surface area contributed by atoms with Crippen molar-refractivity contribution in [3.05, 3.63) is 36.0 Å². The number of hydrogen-bond donors (Lipinski definition) is 0. The van der Waals surface area contributed by atoms with Gasteiger partial charge in [-0.2, -0.15) is 18.3 Å². The average Bonchev–Trinajstić information content (AvgIpc) is 3.07. The predicted octanol–water partition coefficient (Wildman–Crippen LogP) is 3.28. The van der Waals surface area contributed by atoms with Gasteiger partial charge < -0.3 is 14.4 Å². The Balaban J connectivity index is 1.93. The molecule has 2 heterocycles. The smallest absolute Gasteiger partial charge is 0.406 e. The Kier molecular flexibility index (Phi) is 5.93. The minimum atomic E-state index is -4.49. The third-order valence-corrected chi connectivity index (χ3v) is 4.72. The largest absolute Gasteiger partial charge is 0.496 e. The van der Waals surface area contributed by atoms with Gasteiger partial charge in [0, 0.05) is 31.9 Å². The molecule has 0 aliphatic carbocycles. The van der Waals surface area contributed by atoms with Crippen LogP contribution in [0.25, 0.3) is 11.3 Å². The standard InChI is InChI=1S/C19H22F3N3O3/c1-24-16(11-15(23-24)14-5-3-4-6-17(14)27-2)18(26)25(12-19(20,21)22)13-7-9-28-10-8-13/h3-6,11,13H,7-10,12H2,1-2H3. The molecule has 0 atom stereocenters. The third kappa shape index (κ3) is 4.46. The van der Waals surface area contributed by atoms with Crippen LogP contribution in [0.15, 0.2) is 30.3 Å². The van der Waals surface area contributed by atoms with Gasteiger partial charge >= 0.3 is 6.18 Å². The van der Waals surface area contributed by atoms with E-state index in [1.165, 1.54) is 17.9 Å². The fourth-order valence-electron chi connectivity index (χ4n) is 3.36. The van der Waals surface area contributed by atoms with Crippen LogP contribution in [0.3, 0.4) is 0 Å². The van der Waals surface area contributed by atoms with E-state index >= 15 is 0 Å². The summed E-state index contributed by atoms with van der Waals surface area (Å²) in [7, 11) is 3.06. The van der Waals surface area contributed by atoms with Gasteiger partial charge in [0.05, 0.1) is 12.8 Å². The van der Waals surface area contributed by atoms with Crippen LogP contribution in [0.2, 0.25) is 0 Å². The molecule has 1 aromatic heterocycles. The quantitative estimate of drug-likeness (QED) is 0.777. The molecule has 0 N–H and O–H groups in total. The van der Waals surface area contributed by atoms with Crippen LogP contribution in [-0.4, -0.2) is 59.7 Å². The van der Waals surface area contributed by atoms with E-state index in [9.17, 15) is 18.0 Å². The number of ether oxygens (including phenoxy) is 2. The topological polar surface area (TPSA) is 56.6 Å². The van der Waals surface area contributed by atoms with E-state index in [2.05, 4.69) is 5.10 Å². The van der Waals surface area contributed by atoms with Crippen molar-refractivity contribution in [1.29, 1.82) is 0 Å². The molecule has 0 spiro atoms. The van der Waals surface area contributed by atoms with Crippen molar-refractivity contribution >= 4 is 5.91 Å². The van der Waals surface area contributed by atoms with Crippen LogP contribution in [0.4, 0.5) is 13.2 Å². The molecule has 152 valence electrons. The van der Waals surface area contributed by atoms with E-state index < -0.39 is 24.7 Å². The van der Waals surface area contributed by atoms with E-state index in [1.54, 1.807) is 31.3 Å². The maximum absolute atomic E-state index is 13.1. The second kappa shape index (κ2) is 8.22. The molecule has 3 rings (SSSR count). The summed E-state index contributed by atoms with van der Waals surface area (Å²) >= 11 is 0. The van der Waals surface area contributed by atoms with E-state index in [0.717, 1.165) is 4.90 Å². The van der Waals surface area contributed by atoms with Crippen LogP contribution in [0.1, 0.15) is 23.3 Å². The lowest BCUT2D eigenvalue weighted by molar-refractivity contribution is -0.147. The maximum atomic E-state index is 13.1. The van der Waals surface area contributed by atoms with Gasteiger partial charge in [-0.15, -0.1) is 0 Å². The summed E-state index contributed by atoms with van der Waals surface area (Å²) in [5, 5.41) is 4.32. The molecule has 1 aromatic carbocycles. The number of halogens is 3. The molecule has 2 aromatic rings. The highest BCUT2D eigenvalue weighted by Gasteiger charge is 2.38. The normalized spacial score (nSPS) is 15.5. The fourth-order valence-corrected chi connectivity index (χ4v) is 3.36. The zero-order valence-corrected chi connectivity index (χ0v) is 15.7. The summed E-state index contributed by atoms with van der Waals surface area (Å²) in [6.07, 6.45) is -3.74. The highest BCUT2D eigenvalue weighted by Crippen LogP contribution is 2.30. The summed E-state index contributed by atoms with van der Waals surface area (Å²) in [6, 6.07) is 8.11. The molecule has 1 aliphatic rings. The molecule has 6 nitrogen and oxygen atoms in total. The molecular formula is C19H22F3N3O3. The first-order valence-corrected chi connectivity index (χ1v) is 8.93. The zero-order chi connectivity index (χ0) is 20.3. The summed E-state index contributed by atoms with van der Waals surface area (Å²) in [5.41, 5.74) is 1.21. The first kappa shape index (κ1) is 20.2. The summed E-state index contributed by atoms with van der Waals surface area (Å²) in [4.78, 5) is 13.9. The van der Waals surface area contributed by atoms with Gasteiger partial charge in [-0.05, 0) is 31.0 Å². The van der Waals surface area contributed by atoms with E-state index in [0.29, 0.717) is 43.1 Å². The molecule has 1 fully saturated rings. The van der Waals surface area contributed by atoms with Crippen LogP contribution in [-0.2, 0) is 11.8 Å². The number of benzene rings is 1. The number of aromatic nitrogens is 2. The molecule has 0 radical (unpaired) electrons. The average molecular weight is 397 g/mol. The molecule has 9 heteroatoms. The van der Waals surface area contributed by atoms with Gasteiger partial charge in [-0.1, -0.05) is 12.1 Å². The Hall–Kier alpha value is -2.55. The van der Waals surface area contributed by atoms with Crippen molar-refractivity contribution in [1.82, 2.24) is 14.7 Å². The second-order valence-electron chi connectivity index (χ2n) is 6.63. The van der Waals surface area contributed by atoms with Gasteiger partial charge in [-0.25, -0.2) is 0 Å². The molecule has 0 bridgehead atoms. The molecule has 0 unspecified atom stereocenters. The third-order valence-electron chi connectivity index (χ3n) is 4.72. The number of carbonyl (C=O) groups excluding carboxylic acids is 1. The van der Waals surface area contributed by atoms with Crippen LogP contribution >= 0.6 is 0 Å². The minimum absolute atomic E-state index is 0.0941. The number of rotatable bonds is 5. The van der Waals surface area contributed by atoms with Crippen molar-refractivity contribution in [3.63, 3.8) is 0 Å². The Labute approximate surface area is 160 Å². The van der Waals surface area contributed by atoms with Crippen molar-refractivity contribution < 1.29 is 27.4 Å². The lowest BCUT2D eigenvalue weighted by Gasteiger charge is -2.34. The predicted molar refractivity (Wildman–Crippen MR) is 96.1 cm³/mol. The first-order valence-electron chi connectivity index (χ1n) is 8.93. The Morgan fingerprint density at radius 3 is 2.64 bits per heavy atom. The van der Waals surface area contributed by atoms with Crippen molar-refractivity contribution in [2.24, 2.45) is 7.05 Å². The molecule has 1 aliphatic heterocycles. The summed E-state index contributed by atoms with van der Waals surface area (Å²) in [5.74, 6) is -0.128. The van der Waals surface area contributed by atoms with Crippen LogP contribution in [0, 0.1) is 0 Å². The highest BCUT2D eigenvalue weighted by atomic mass is 19.4. The number of hydrogen-bond acceptors (Lipinski definition) is 4. The zero-order valence-electron chi connectivity index (χ0n) is 15.7. The van der Waals surface area contributed by atoms with Crippen molar-refractivity contribution in [2.75, 3.05) is 26.9 Å². The molecule has 28 heavy (non-hydrogen) atoms. The summed E-state index contributed by atoms with van der Waals surface area (Å²) < 4.78 is 51.3. The lowest BCUT2D eigenvalue weighted by Crippen LogP contribution is -2.48. The number of nitrogens with zero attached hydrogens (tertiary/aromatic N) is 3. The molecule has 1 saturated heterocycles. The van der Waals surface area contributed by atoms with Gasteiger partial charge in [0.2, 0.25) is 0 Å². The molecular weight excluding hydrogens is 375 g/mol. The lowest BCUT2D eigenvalue weighted by atomic mass is 10.1. The van der Waals surface area contributed by atoms with Gasteiger partial charge in [-0.3, -0.25) is 9.48 Å². The monoisotopic (exact) mass is 397 g/mol. The van der Waals surface area contributed by atoms with Crippen LogP contribution < -0.4 is 4.74 Å². The molecule has 1 amide bonds. The van der Waals surface area contributed by atoms with Gasteiger partial charge in [0.25, 0.3) is 5.91 Å². The van der Waals surface area contributed by atoms with Crippen LogP contribution in [0.5, 0.6) is 5.75 Å². The SMILES string of the molecule is COc1ccccc1-c1cc(C(=O)N(CC(F)(F)F)C2CCOCC2)n(C)n1. The number of aryl methyl sites for hydroxylation is 1. The number of amides is 1. The minimum Gasteiger partial charge on any atom is -0.496 e. The van der Waals surface area contributed by atoms with Crippen molar-refractivity contribution in [2.45, 2.75) is 25.1 Å². The van der Waals surface area contributed by atoms with E-state index in [1.807, 2.05) is 0 Å². The number of methoxy groups -OCH3 is 1. The summed E-state index contributed by atoms with van der Waals surface area (Å²) in [6.45, 7) is -0.625. The Bertz CT molecular complexity index is 829. The molecule has 0 saturated carbocycles. The fraction of sp³-hybridized carbons (Fsp3) is 0.474. The van der Waals surface area contributed by atoms with Crippen molar-refractivity contribution in [3.8, 4) is 17.0 Å². The number of carbonyl (C=O) groups is 1. The van der Waals surface area contributed by atoms with Gasteiger partial charge in [0.1, 0.15) is 18.0 Å². The second-order valence-corrected chi connectivity index (χ2v) is 6.63. The highest BCUT2D eigenvalue weighted by molar-refractivity contribution is 5.94. The Morgan fingerprint density at radius 1 is 1.32 bits per heavy atom. The van der Waals surface area contributed by atoms with E-state index in [-0.39, 0.29) is 5.69 Å². The van der Waals surface area contributed by atoms with E-state index in [4.69, 9.17) is 9.47 Å². The van der Waals surface area contributed by atoms with Gasteiger partial charge in [0.15, 0.2) is 0 Å².